The smallest absolute Gasteiger partial charge is 0.326 e. The van der Waals surface area contributed by atoms with Gasteiger partial charge in [0, 0.05) is 31.0 Å². The summed E-state index contributed by atoms with van der Waals surface area (Å²) in [5.41, 5.74) is 22.8. The number of rotatable bonds is 42. The number of guanidine groups is 1. The van der Waals surface area contributed by atoms with Crippen LogP contribution in [0.3, 0.4) is 0 Å². The van der Waals surface area contributed by atoms with E-state index in [2.05, 4.69) is 88.7 Å². The predicted molar refractivity (Wildman–Crippen MR) is 352 cm³/mol. The molecule has 1 fully saturated rings. The lowest BCUT2D eigenvalue weighted by molar-refractivity contribution is -0.143. The standard InChI is InChI=1S/C59H99N17O16S2/c1-8-31(4)45(55(88)73-42(29-94)53(86)71-40(58(91)92)25-35-16-10-9-11-17-35)74-47(80)33(6)67-54(87)43-20-15-23-76(43)57(90)39(24-30(2)3)70-52(85)41(27-77)72-51(84)38(18-12-13-21-60)69-56(89)46(34(7)78)75-48(81)32(5)66-50(83)37(19-14-22-64-59(62)63)68-44(79)26-65-49(82)36(61)28-93/h9-11,16-17,30-34,36-43,45-46,77-78,93-94H,8,12-15,18-29,60-61H2,1-7H3,(H,65,82)(H,66,83)(H,67,87)(H,68,79)(H,69,89)(H,70,85)(H,71,86)(H,72,84)(H,73,88)(H,74,80)(H,75,81)(H,91,92)(H4,62,63,64)/t31-,32-,33-,34+,36-,37-,38-,39-,40-,41-,42-,43-,45-,46-/m0/s1. The van der Waals surface area contributed by atoms with Crippen molar-refractivity contribution in [1.82, 2.24) is 63.4 Å². The summed E-state index contributed by atoms with van der Waals surface area (Å²) in [4.78, 5) is 180. The van der Waals surface area contributed by atoms with Gasteiger partial charge < -0.3 is 102 Å². The zero-order valence-electron chi connectivity index (χ0n) is 54.3. The number of unbranched alkanes of at least 4 members (excludes halogenated alkanes) is 1. The van der Waals surface area contributed by atoms with Gasteiger partial charge in [-0.15, -0.1) is 0 Å². The van der Waals surface area contributed by atoms with E-state index in [0.717, 1.165) is 6.92 Å². The van der Waals surface area contributed by atoms with Crippen molar-refractivity contribution >= 4 is 108 Å². The number of carboxylic acids is 1. The number of hydrogen-bond acceptors (Lipinski definition) is 20. The number of aliphatic carboxylic acids is 1. The van der Waals surface area contributed by atoms with E-state index in [-0.39, 0.29) is 88.0 Å². The molecule has 35 heteroatoms. The number of aliphatic hydroxyl groups is 2. The van der Waals surface area contributed by atoms with Crippen molar-refractivity contribution in [2.45, 2.75) is 191 Å². The molecule has 1 aliphatic heterocycles. The van der Waals surface area contributed by atoms with Crippen LogP contribution in [0.5, 0.6) is 0 Å². The van der Waals surface area contributed by atoms with Crippen LogP contribution in [0.15, 0.2) is 35.3 Å². The molecule has 1 aromatic rings. The van der Waals surface area contributed by atoms with Gasteiger partial charge in [0.15, 0.2) is 5.96 Å². The van der Waals surface area contributed by atoms with E-state index in [1.807, 2.05) is 0 Å². The van der Waals surface area contributed by atoms with Gasteiger partial charge in [0.2, 0.25) is 70.9 Å². The maximum absolute atomic E-state index is 14.4. The number of thiol groups is 2. The molecule has 0 bridgehead atoms. The first-order valence-electron chi connectivity index (χ1n) is 31.2. The van der Waals surface area contributed by atoms with Crippen molar-refractivity contribution in [3.05, 3.63) is 35.9 Å². The lowest BCUT2D eigenvalue weighted by Crippen LogP contribution is -2.62. The molecule has 94 heavy (non-hydrogen) atoms. The fraction of sp³-hybridized carbons (Fsp3) is 0.661. The molecule has 528 valence electrons. The Morgan fingerprint density at radius 1 is 0.628 bits per heavy atom. The molecular formula is C59H99N17O16S2. The summed E-state index contributed by atoms with van der Waals surface area (Å²) in [5.74, 6) is -12.8. The molecule has 1 aromatic carbocycles. The largest absolute Gasteiger partial charge is 0.480 e. The monoisotopic (exact) mass is 1370 g/mol. The molecule has 0 saturated carbocycles. The van der Waals surface area contributed by atoms with Gasteiger partial charge in [-0.05, 0) is 96.1 Å². The predicted octanol–water partition coefficient (Wildman–Crippen LogP) is -5.86. The van der Waals surface area contributed by atoms with E-state index >= 15 is 0 Å². The molecule has 1 heterocycles. The van der Waals surface area contributed by atoms with Crippen LogP contribution in [0.2, 0.25) is 0 Å². The minimum Gasteiger partial charge on any atom is -0.480 e. The Hall–Kier alpha value is -7.86. The maximum Gasteiger partial charge on any atom is 0.326 e. The van der Waals surface area contributed by atoms with Crippen molar-refractivity contribution < 1.29 is 77.6 Å². The Kier molecular flexibility index (Phi) is 37.1. The average molecular weight is 1370 g/mol. The van der Waals surface area contributed by atoms with Crippen molar-refractivity contribution in [2.75, 3.05) is 44.3 Å². The number of nitrogens with one attached hydrogen (secondary N) is 11. The number of benzene rings is 1. The highest BCUT2D eigenvalue weighted by atomic mass is 32.1. The van der Waals surface area contributed by atoms with Gasteiger partial charge in [0.1, 0.15) is 66.5 Å². The number of nitrogens with two attached hydrogens (primary N) is 4. The van der Waals surface area contributed by atoms with Gasteiger partial charge in [0.25, 0.3) is 0 Å². The molecule has 0 aromatic heterocycles. The number of aliphatic imine (C=N–C) groups is 1. The Bertz CT molecular complexity index is 2750. The van der Waals surface area contributed by atoms with Gasteiger partial charge in [-0.3, -0.25) is 62.5 Å². The van der Waals surface area contributed by atoms with Crippen molar-refractivity contribution in [3.8, 4) is 0 Å². The van der Waals surface area contributed by atoms with E-state index in [0.29, 0.717) is 24.8 Å². The summed E-state index contributed by atoms with van der Waals surface area (Å²) in [7, 11) is 0. The molecule has 12 amide bonds. The van der Waals surface area contributed by atoms with Crippen LogP contribution >= 0.6 is 25.3 Å². The second kappa shape index (κ2) is 42.5. The molecule has 0 radical (unpaired) electrons. The Morgan fingerprint density at radius 3 is 1.72 bits per heavy atom. The highest BCUT2D eigenvalue weighted by molar-refractivity contribution is 7.80. The number of carbonyl (C=O) groups excluding carboxylic acids is 12. The summed E-state index contributed by atoms with van der Waals surface area (Å²) in [6.07, 6.45) is -0.149. The minimum absolute atomic E-state index is 0.00811. The average Bonchev–Trinajstić information content (AvgIpc) is 1.59. The molecule has 14 atom stereocenters. The fourth-order valence-electron chi connectivity index (χ4n) is 9.55. The Morgan fingerprint density at radius 2 is 1.16 bits per heavy atom. The van der Waals surface area contributed by atoms with Crippen LogP contribution in [0.1, 0.15) is 112 Å². The van der Waals surface area contributed by atoms with Gasteiger partial charge in [-0.25, -0.2) is 4.79 Å². The SMILES string of the molecule is CC[C@H](C)[C@H](NC(=O)[C@H](C)NC(=O)[C@@H]1CCCN1C(=O)[C@H](CC(C)C)NC(=O)[C@H](CO)NC(=O)[C@H](CCCCN)NC(=O)[C@@H](NC(=O)[C@H](C)NC(=O)[C@H](CCCN=C(N)N)NC(=O)CNC(=O)[C@@H](N)CS)[C@@H](C)O)C(=O)N[C@@H](CS)C(=O)N[C@@H](Cc1ccccc1)C(=O)O. The summed E-state index contributed by atoms with van der Waals surface area (Å²) in [5, 5.41) is 58.4. The first kappa shape index (κ1) is 82.2. The van der Waals surface area contributed by atoms with Crippen molar-refractivity contribution in [2.24, 2.45) is 39.8 Å². The minimum atomic E-state index is -1.76. The zero-order valence-corrected chi connectivity index (χ0v) is 56.1. The van der Waals surface area contributed by atoms with Gasteiger partial charge in [-0.1, -0.05) is 64.4 Å². The Balaban J connectivity index is 2.23. The maximum atomic E-state index is 14.4. The second-order valence-electron chi connectivity index (χ2n) is 23.4. The van der Waals surface area contributed by atoms with E-state index in [4.69, 9.17) is 22.9 Å². The number of carbonyl (C=O) groups is 13. The van der Waals surface area contributed by atoms with Gasteiger partial charge >= 0.3 is 5.97 Å². The third kappa shape index (κ3) is 28.4. The van der Waals surface area contributed by atoms with Crippen LogP contribution < -0.4 is 81.4 Å². The summed E-state index contributed by atoms with van der Waals surface area (Å²) >= 11 is 8.16. The molecular weight excluding hydrogens is 1270 g/mol. The number of likely N-dealkylation sites (tertiary alicyclic amines) is 1. The molecule has 0 aliphatic carbocycles. The normalized spacial score (nSPS) is 16.9. The molecule has 22 N–H and O–H groups in total. The van der Waals surface area contributed by atoms with Crippen LogP contribution in [0.4, 0.5) is 0 Å². The third-order valence-electron chi connectivity index (χ3n) is 15.2. The summed E-state index contributed by atoms with van der Waals surface area (Å²) in [6.45, 7) is 9.46. The molecule has 33 nitrogen and oxygen atoms in total. The molecule has 1 saturated heterocycles. The fourth-order valence-corrected chi connectivity index (χ4v) is 9.98. The van der Waals surface area contributed by atoms with Crippen LogP contribution in [-0.4, -0.2) is 226 Å². The number of aliphatic hydroxyl groups excluding tert-OH is 2. The molecule has 1 aliphatic rings. The third-order valence-corrected chi connectivity index (χ3v) is 15.9. The molecule has 0 unspecified atom stereocenters. The summed E-state index contributed by atoms with van der Waals surface area (Å²) in [6, 6.07) is -7.73. The zero-order chi connectivity index (χ0) is 70.9. The van der Waals surface area contributed by atoms with E-state index in [9.17, 15) is 77.6 Å². The highest BCUT2D eigenvalue weighted by Gasteiger charge is 2.41. The number of hydrogen-bond donors (Lipinski definition) is 20. The molecule has 0 spiro atoms. The lowest BCUT2D eigenvalue weighted by Gasteiger charge is -2.31. The summed E-state index contributed by atoms with van der Waals surface area (Å²) < 4.78 is 0. The van der Waals surface area contributed by atoms with Gasteiger partial charge in [-0.2, -0.15) is 25.3 Å². The van der Waals surface area contributed by atoms with E-state index < -0.39 is 175 Å². The van der Waals surface area contributed by atoms with Crippen molar-refractivity contribution in [1.29, 1.82) is 0 Å². The van der Waals surface area contributed by atoms with Crippen LogP contribution in [-0.2, 0) is 68.7 Å². The quantitative estimate of drug-likeness (QED) is 0.0125. The first-order chi connectivity index (χ1) is 44.3. The lowest BCUT2D eigenvalue weighted by atomic mass is 9.97. The highest BCUT2D eigenvalue weighted by Crippen LogP contribution is 2.21. The second-order valence-corrected chi connectivity index (χ2v) is 24.2. The van der Waals surface area contributed by atoms with Crippen molar-refractivity contribution in [3.63, 3.8) is 0 Å². The van der Waals surface area contributed by atoms with E-state index in [1.54, 1.807) is 58.0 Å². The van der Waals surface area contributed by atoms with Gasteiger partial charge in [0.05, 0.1) is 25.3 Å². The number of carboxylic acid groups (broad SMARTS) is 1. The first-order valence-corrected chi connectivity index (χ1v) is 32.5. The topological polar surface area (TPSA) is 535 Å². The number of amides is 12. The Labute approximate surface area is 558 Å². The van der Waals surface area contributed by atoms with Crippen LogP contribution in [0.25, 0.3) is 0 Å². The number of nitrogens with zero attached hydrogens (tertiary/aromatic N) is 2. The molecule has 2 rings (SSSR count). The van der Waals surface area contributed by atoms with E-state index in [1.165, 1.54) is 18.7 Å². The van der Waals surface area contributed by atoms with Crippen LogP contribution in [0, 0.1) is 11.8 Å².